The third-order valence-corrected chi connectivity index (χ3v) is 9.25. The van der Waals surface area contributed by atoms with Crippen molar-refractivity contribution >= 4 is 19.8 Å². The average Bonchev–Trinajstić information content (AvgIpc) is 3.06. The molecular formula is C37H72NO9P. The van der Waals surface area contributed by atoms with Gasteiger partial charge in [-0.15, -0.1) is 0 Å². The van der Waals surface area contributed by atoms with Crippen molar-refractivity contribution < 1.29 is 42.7 Å². The van der Waals surface area contributed by atoms with Crippen LogP contribution in [-0.2, 0) is 32.7 Å². The number of phosphoric acid groups is 1. The number of rotatable bonds is 37. The molecule has 0 aliphatic rings. The van der Waals surface area contributed by atoms with Crippen LogP contribution in [-0.4, -0.2) is 60.5 Å². The molecule has 0 aliphatic heterocycles. The molecule has 284 valence electrons. The van der Waals surface area contributed by atoms with Crippen LogP contribution >= 0.6 is 7.82 Å². The van der Waals surface area contributed by atoms with Gasteiger partial charge in [-0.05, 0) is 32.1 Å². The Balaban J connectivity index is 4.29. The highest BCUT2D eigenvalue weighted by Gasteiger charge is 2.27. The van der Waals surface area contributed by atoms with Gasteiger partial charge in [-0.25, -0.2) is 4.57 Å². The van der Waals surface area contributed by atoms with E-state index in [4.69, 9.17) is 24.8 Å². The van der Waals surface area contributed by atoms with Gasteiger partial charge >= 0.3 is 19.8 Å². The molecule has 0 bridgehead atoms. The number of carboxylic acids is 1. The van der Waals surface area contributed by atoms with E-state index in [0.29, 0.717) is 6.61 Å². The highest BCUT2D eigenvalue weighted by molar-refractivity contribution is 7.47. The van der Waals surface area contributed by atoms with Crippen molar-refractivity contribution in [3.8, 4) is 0 Å². The second kappa shape index (κ2) is 34.2. The van der Waals surface area contributed by atoms with Crippen molar-refractivity contribution in [3.63, 3.8) is 0 Å². The van der Waals surface area contributed by atoms with E-state index in [-0.39, 0.29) is 13.0 Å². The lowest BCUT2D eigenvalue weighted by Crippen LogP contribution is -2.34. The van der Waals surface area contributed by atoms with Crippen molar-refractivity contribution in [1.82, 2.24) is 0 Å². The van der Waals surface area contributed by atoms with Gasteiger partial charge in [0.05, 0.1) is 19.8 Å². The number of nitrogens with two attached hydrogens (primary N) is 1. The van der Waals surface area contributed by atoms with Gasteiger partial charge in [-0.3, -0.25) is 18.6 Å². The Morgan fingerprint density at radius 1 is 0.646 bits per heavy atom. The molecule has 3 atom stereocenters. The predicted molar refractivity (Wildman–Crippen MR) is 194 cm³/mol. The summed E-state index contributed by atoms with van der Waals surface area (Å²) in [4.78, 5) is 33.4. The lowest BCUT2D eigenvalue weighted by Gasteiger charge is -2.20. The number of carbonyl (C=O) groups is 2. The number of aliphatic carboxylic acids is 1. The molecule has 3 unspecified atom stereocenters. The monoisotopic (exact) mass is 705 g/mol. The number of hydrogen-bond acceptors (Lipinski definition) is 8. The number of carboxylic acid groups (broad SMARTS) is 1. The topological polar surface area (TPSA) is 155 Å². The normalized spacial score (nSPS) is 14.2. The summed E-state index contributed by atoms with van der Waals surface area (Å²) in [5.41, 5.74) is 5.33. The largest absolute Gasteiger partial charge is 0.480 e. The maximum Gasteiger partial charge on any atom is 0.472 e. The van der Waals surface area contributed by atoms with Crippen LogP contribution in [0.5, 0.6) is 0 Å². The average molecular weight is 706 g/mol. The summed E-state index contributed by atoms with van der Waals surface area (Å²) < 4.78 is 33.2. The smallest absolute Gasteiger partial charge is 0.472 e. The van der Waals surface area contributed by atoms with Gasteiger partial charge in [-0.1, -0.05) is 148 Å². The van der Waals surface area contributed by atoms with Gasteiger partial charge in [-0.2, -0.15) is 0 Å². The van der Waals surface area contributed by atoms with Gasteiger partial charge in [0.2, 0.25) is 0 Å². The van der Waals surface area contributed by atoms with Gasteiger partial charge < -0.3 is 25.2 Å². The van der Waals surface area contributed by atoms with Crippen LogP contribution in [0.3, 0.4) is 0 Å². The number of ether oxygens (including phenoxy) is 2. The Morgan fingerprint density at radius 3 is 1.65 bits per heavy atom. The summed E-state index contributed by atoms with van der Waals surface area (Å²) in [6.07, 6.45) is 32.6. The van der Waals surface area contributed by atoms with Crippen LogP contribution in [0.2, 0.25) is 0 Å². The number of hydrogen-bond donors (Lipinski definition) is 3. The first kappa shape index (κ1) is 46.7. The zero-order valence-electron chi connectivity index (χ0n) is 30.6. The van der Waals surface area contributed by atoms with Crippen LogP contribution in [0.25, 0.3) is 0 Å². The summed E-state index contributed by atoms with van der Waals surface area (Å²) >= 11 is 0. The minimum Gasteiger partial charge on any atom is -0.480 e. The Hall–Kier alpha value is -1.29. The second-order valence-electron chi connectivity index (χ2n) is 13.1. The van der Waals surface area contributed by atoms with E-state index in [1.165, 1.54) is 109 Å². The molecular weight excluding hydrogens is 633 g/mol. The highest BCUT2D eigenvalue weighted by Crippen LogP contribution is 2.43. The van der Waals surface area contributed by atoms with Crippen molar-refractivity contribution in [2.75, 3.05) is 26.4 Å². The summed E-state index contributed by atoms with van der Waals surface area (Å²) in [7, 11) is -4.60. The summed E-state index contributed by atoms with van der Waals surface area (Å²) in [5, 5.41) is 8.86. The molecule has 0 saturated heterocycles. The Kier molecular flexibility index (Phi) is 33.3. The zero-order valence-corrected chi connectivity index (χ0v) is 31.5. The quantitative estimate of drug-likeness (QED) is 0.0246. The molecule has 0 heterocycles. The van der Waals surface area contributed by atoms with Gasteiger partial charge in [0, 0.05) is 13.0 Å². The fraction of sp³-hybridized carbons (Fsp3) is 0.892. The molecule has 0 aromatic heterocycles. The van der Waals surface area contributed by atoms with E-state index in [9.17, 15) is 19.0 Å². The Labute approximate surface area is 292 Å². The third-order valence-electron chi connectivity index (χ3n) is 8.29. The van der Waals surface area contributed by atoms with Crippen LogP contribution in [0.1, 0.15) is 174 Å². The maximum absolute atomic E-state index is 12.6. The van der Waals surface area contributed by atoms with Crippen molar-refractivity contribution in [2.24, 2.45) is 5.73 Å². The first-order valence-electron chi connectivity index (χ1n) is 19.2. The molecule has 0 spiro atoms. The van der Waals surface area contributed by atoms with Crippen LogP contribution in [0.4, 0.5) is 0 Å². The minimum absolute atomic E-state index is 0.0173. The van der Waals surface area contributed by atoms with Crippen molar-refractivity contribution in [1.29, 1.82) is 0 Å². The fourth-order valence-electron chi connectivity index (χ4n) is 5.23. The molecule has 11 heteroatoms. The molecule has 0 saturated carbocycles. The Bertz CT molecular complexity index is 827. The molecule has 4 N–H and O–H groups in total. The highest BCUT2D eigenvalue weighted by atomic mass is 31.2. The molecule has 0 rings (SSSR count). The van der Waals surface area contributed by atoms with E-state index >= 15 is 0 Å². The minimum atomic E-state index is -4.60. The van der Waals surface area contributed by atoms with Crippen LogP contribution in [0.15, 0.2) is 12.2 Å². The fourth-order valence-corrected chi connectivity index (χ4v) is 6.01. The number of carbonyl (C=O) groups excluding carboxylic acids is 1. The van der Waals surface area contributed by atoms with Gasteiger partial charge in [0.25, 0.3) is 0 Å². The molecule has 0 aromatic rings. The number of allylic oxidation sites excluding steroid dienone is 2. The van der Waals surface area contributed by atoms with E-state index in [2.05, 4.69) is 30.5 Å². The van der Waals surface area contributed by atoms with Crippen molar-refractivity contribution in [2.45, 2.75) is 187 Å². The summed E-state index contributed by atoms with van der Waals surface area (Å²) in [6, 6.07) is -1.47. The zero-order chi connectivity index (χ0) is 35.6. The lowest BCUT2D eigenvalue weighted by atomic mass is 10.0. The van der Waals surface area contributed by atoms with E-state index < -0.39 is 45.1 Å². The first-order chi connectivity index (χ1) is 23.2. The number of esters is 1. The predicted octanol–water partition coefficient (Wildman–Crippen LogP) is 9.81. The molecule has 0 aliphatic carbocycles. The van der Waals surface area contributed by atoms with Crippen LogP contribution < -0.4 is 5.73 Å². The molecule has 0 aromatic carbocycles. The maximum atomic E-state index is 12.6. The molecule has 48 heavy (non-hydrogen) atoms. The third kappa shape index (κ3) is 33.2. The van der Waals surface area contributed by atoms with E-state index in [1.54, 1.807) is 0 Å². The van der Waals surface area contributed by atoms with Gasteiger partial charge in [0.1, 0.15) is 12.1 Å². The molecule has 0 radical (unpaired) electrons. The molecule has 0 amide bonds. The second-order valence-corrected chi connectivity index (χ2v) is 14.5. The van der Waals surface area contributed by atoms with Crippen LogP contribution in [0, 0.1) is 0 Å². The Morgan fingerprint density at radius 2 is 1.10 bits per heavy atom. The van der Waals surface area contributed by atoms with E-state index in [1.807, 2.05) is 0 Å². The number of phosphoric ester groups is 1. The number of unbranched alkanes of at least 4 members (excludes halogenated alkanes) is 21. The van der Waals surface area contributed by atoms with Crippen molar-refractivity contribution in [3.05, 3.63) is 12.2 Å². The standard InChI is InChI=1S/C37H72NO9P/c1-3-5-7-9-11-13-15-17-18-19-21-23-25-27-29-36(39)47-34(32-45-48(42,43)46-33-35(38)37(40)41)31-44-30-28-26-24-22-20-16-14-12-10-8-6-4-2/h10,12,34-35H,3-9,11,13-33,38H2,1-2H3,(H,40,41)(H,42,43)/b12-10-. The summed E-state index contributed by atoms with van der Waals surface area (Å²) in [6.45, 7) is 3.84. The van der Waals surface area contributed by atoms with E-state index in [0.717, 1.165) is 44.9 Å². The SMILES string of the molecule is CCCC/C=C\CCCCCCCCOCC(COP(=O)(O)OCC(N)C(=O)O)OC(=O)CCCCCCCCCCCCCCCC. The molecule has 0 fully saturated rings. The molecule has 10 nitrogen and oxygen atoms in total. The summed E-state index contributed by atoms with van der Waals surface area (Å²) in [5.74, 6) is -1.78. The lowest BCUT2D eigenvalue weighted by molar-refractivity contribution is -0.154. The first-order valence-corrected chi connectivity index (χ1v) is 20.7. The van der Waals surface area contributed by atoms with Gasteiger partial charge in [0.15, 0.2) is 0 Å².